The SMILES string of the molecule is COc1ccc2c(c1)SC1=NC(c3ccc(Br)cc3)=C/C(=C\C#N)N12. The Kier molecular flexibility index (Phi) is 4.12. The minimum Gasteiger partial charge on any atom is -0.497 e. The van der Waals surface area contributed by atoms with Crippen molar-refractivity contribution in [1.29, 1.82) is 5.26 Å². The van der Waals surface area contributed by atoms with Crippen molar-refractivity contribution in [2.75, 3.05) is 12.0 Å². The third kappa shape index (κ3) is 2.86. The van der Waals surface area contributed by atoms with Crippen molar-refractivity contribution in [3.63, 3.8) is 0 Å². The fourth-order valence-electron chi connectivity index (χ4n) is 2.74. The number of rotatable bonds is 2. The zero-order chi connectivity index (χ0) is 17.4. The molecule has 0 fully saturated rings. The van der Waals surface area contributed by atoms with Gasteiger partial charge in [-0.3, -0.25) is 4.90 Å². The van der Waals surface area contributed by atoms with Crippen LogP contribution in [0.5, 0.6) is 5.75 Å². The van der Waals surface area contributed by atoms with E-state index in [2.05, 4.69) is 22.0 Å². The van der Waals surface area contributed by atoms with Crippen LogP contribution in [0, 0.1) is 11.3 Å². The second-order valence-corrected chi connectivity index (χ2v) is 7.33. The summed E-state index contributed by atoms with van der Waals surface area (Å²) in [6.07, 6.45) is 3.49. The van der Waals surface area contributed by atoms with E-state index in [0.29, 0.717) is 0 Å². The number of benzene rings is 2. The van der Waals surface area contributed by atoms with Gasteiger partial charge < -0.3 is 4.74 Å². The Hall–Kier alpha value is -2.49. The highest BCUT2D eigenvalue weighted by Gasteiger charge is 2.32. The topological polar surface area (TPSA) is 48.6 Å². The highest BCUT2D eigenvalue weighted by molar-refractivity contribution is 9.10. The fourth-order valence-corrected chi connectivity index (χ4v) is 4.08. The quantitative estimate of drug-likeness (QED) is 0.640. The number of hydrogen-bond donors (Lipinski definition) is 0. The summed E-state index contributed by atoms with van der Waals surface area (Å²) in [6, 6.07) is 16.0. The molecule has 25 heavy (non-hydrogen) atoms. The van der Waals surface area contributed by atoms with E-state index in [9.17, 15) is 5.26 Å². The summed E-state index contributed by atoms with van der Waals surface area (Å²) in [4.78, 5) is 7.87. The van der Waals surface area contributed by atoms with Crippen LogP contribution in [0.15, 0.2) is 74.7 Å². The van der Waals surface area contributed by atoms with Crippen LogP contribution in [0.3, 0.4) is 0 Å². The van der Waals surface area contributed by atoms with Crippen molar-refractivity contribution in [2.45, 2.75) is 4.90 Å². The van der Waals surface area contributed by atoms with E-state index in [4.69, 9.17) is 9.73 Å². The van der Waals surface area contributed by atoms with Crippen molar-refractivity contribution < 1.29 is 4.74 Å². The molecule has 122 valence electrons. The number of hydrogen-bond acceptors (Lipinski definition) is 5. The average molecular weight is 410 g/mol. The summed E-state index contributed by atoms with van der Waals surface area (Å²) in [5.74, 6) is 0.804. The predicted molar refractivity (Wildman–Crippen MR) is 105 cm³/mol. The molecule has 0 saturated carbocycles. The number of amidine groups is 1. The van der Waals surface area contributed by atoms with Gasteiger partial charge in [0.05, 0.1) is 30.3 Å². The number of nitriles is 1. The molecule has 0 aromatic heterocycles. The number of allylic oxidation sites excluding steroid dienone is 2. The Bertz CT molecular complexity index is 987. The van der Waals surface area contributed by atoms with Crippen LogP contribution in [0.4, 0.5) is 5.69 Å². The molecule has 2 heterocycles. The van der Waals surface area contributed by atoms with E-state index in [1.165, 1.54) is 0 Å². The maximum absolute atomic E-state index is 9.21. The Morgan fingerprint density at radius 2 is 2.04 bits per heavy atom. The van der Waals surface area contributed by atoms with Crippen LogP contribution in [0.25, 0.3) is 5.70 Å². The predicted octanol–water partition coefficient (Wildman–Crippen LogP) is 5.19. The number of thioether (sulfide) groups is 1. The van der Waals surface area contributed by atoms with E-state index < -0.39 is 0 Å². The van der Waals surface area contributed by atoms with E-state index in [1.807, 2.05) is 53.4 Å². The molecule has 2 aliphatic rings. The number of halogens is 1. The summed E-state index contributed by atoms with van der Waals surface area (Å²) in [6.45, 7) is 0. The molecular formula is C19H12BrN3OS. The average Bonchev–Trinajstić information content (AvgIpc) is 3.00. The summed E-state index contributed by atoms with van der Waals surface area (Å²) >= 11 is 5.03. The Labute approximate surface area is 158 Å². The van der Waals surface area contributed by atoms with Gasteiger partial charge in [0.15, 0.2) is 5.17 Å². The van der Waals surface area contributed by atoms with E-state index in [1.54, 1.807) is 24.9 Å². The minimum atomic E-state index is 0.804. The largest absolute Gasteiger partial charge is 0.497 e. The standard InChI is InChI=1S/C19H12BrN3OS/c1-24-15-6-7-17-18(11-15)25-19-22-16(10-14(8-9-21)23(17)19)12-2-4-13(20)5-3-12/h2-8,10-11H,1H3/b14-8+. The molecular weight excluding hydrogens is 398 g/mol. The summed E-state index contributed by atoms with van der Waals surface area (Å²) in [5, 5.41) is 10.0. The zero-order valence-electron chi connectivity index (χ0n) is 13.2. The van der Waals surface area contributed by atoms with Crippen LogP contribution < -0.4 is 9.64 Å². The van der Waals surface area contributed by atoms with Gasteiger partial charge in [-0.2, -0.15) is 5.26 Å². The van der Waals surface area contributed by atoms with E-state index >= 15 is 0 Å². The molecule has 0 radical (unpaired) electrons. The van der Waals surface area contributed by atoms with Gasteiger partial charge in [0.2, 0.25) is 0 Å². The van der Waals surface area contributed by atoms with Crippen molar-refractivity contribution in [1.82, 2.24) is 0 Å². The molecule has 0 amide bonds. The summed E-state index contributed by atoms with van der Waals surface area (Å²) in [7, 11) is 1.65. The van der Waals surface area contributed by atoms with Gasteiger partial charge >= 0.3 is 0 Å². The number of anilines is 1. The Morgan fingerprint density at radius 3 is 2.76 bits per heavy atom. The first kappa shape index (κ1) is 16.0. The fraction of sp³-hybridized carbons (Fsp3) is 0.0526. The van der Waals surface area contributed by atoms with Crippen molar-refractivity contribution >= 4 is 44.2 Å². The minimum absolute atomic E-state index is 0.804. The number of ether oxygens (including phenoxy) is 1. The highest BCUT2D eigenvalue weighted by Crippen LogP contribution is 2.47. The van der Waals surface area contributed by atoms with Crippen molar-refractivity contribution in [3.8, 4) is 11.8 Å². The lowest BCUT2D eigenvalue weighted by Gasteiger charge is -2.24. The maximum atomic E-state index is 9.21. The van der Waals surface area contributed by atoms with Gasteiger partial charge in [-0.1, -0.05) is 28.1 Å². The molecule has 2 aliphatic heterocycles. The lowest BCUT2D eigenvalue weighted by atomic mass is 10.1. The first-order valence-electron chi connectivity index (χ1n) is 7.52. The lowest BCUT2D eigenvalue weighted by molar-refractivity contribution is 0.414. The van der Waals surface area contributed by atoms with Crippen LogP contribution in [-0.2, 0) is 0 Å². The molecule has 0 N–H and O–H groups in total. The number of nitrogens with zero attached hydrogens (tertiary/aromatic N) is 3. The second-order valence-electron chi connectivity index (χ2n) is 5.40. The number of methoxy groups -OCH3 is 1. The molecule has 4 rings (SSSR count). The molecule has 4 nitrogen and oxygen atoms in total. The van der Waals surface area contributed by atoms with Crippen LogP contribution in [0.1, 0.15) is 5.56 Å². The van der Waals surface area contributed by atoms with Gasteiger partial charge in [-0.25, -0.2) is 4.99 Å². The zero-order valence-corrected chi connectivity index (χ0v) is 15.6. The number of aliphatic imine (C=N–C) groups is 1. The summed E-state index contributed by atoms with van der Waals surface area (Å²) < 4.78 is 6.33. The third-order valence-corrected chi connectivity index (χ3v) is 5.44. The molecule has 0 unspecified atom stereocenters. The highest BCUT2D eigenvalue weighted by atomic mass is 79.9. The first-order valence-corrected chi connectivity index (χ1v) is 9.12. The van der Waals surface area contributed by atoms with Gasteiger partial charge in [-0.05, 0) is 48.2 Å². The first-order chi connectivity index (χ1) is 12.2. The van der Waals surface area contributed by atoms with Crippen LogP contribution in [0.2, 0.25) is 0 Å². The smallest absolute Gasteiger partial charge is 0.178 e. The third-order valence-electron chi connectivity index (χ3n) is 3.91. The molecule has 0 bridgehead atoms. The molecule has 2 aromatic carbocycles. The van der Waals surface area contributed by atoms with Crippen molar-refractivity contribution in [2.24, 2.45) is 4.99 Å². The van der Waals surface area contributed by atoms with Crippen LogP contribution in [-0.4, -0.2) is 12.3 Å². The Balaban J connectivity index is 1.81. The van der Waals surface area contributed by atoms with Gasteiger partial charge in [0.1, 0.15) is 5.75 Å². The Morgan fingerprint density at radius 1 is 1.24 bits per heavy atom. The van der Waals surface area contributed by atoms with Crippen molar-refractivity contribution in [3.05, 3.63) is 70.3 Å². The molecule has 0 spiro atoms. The second kappa shape index (κ2) is 6.43. The summed E-state index contributed by atoms with van der Waals surface area (Å²) in [5.41, 5.74) is 3.67. The van der Waals surface area contributed by atoms with Gasteiger partial charge in [0, 0.05) is 21.0 Å². The monoisotopic (exact) mass is 409 g/mol. The molecule has 0 aliphatic carbocycles. The number of fused-ring (bicyclic) bond motifs is 3. The molecule has 0 saturated heterocycles. The molecule has 0 atom stereocenters. The molecule has 6 heteroatoms. The maximum Gasteiger partial charge on any atom is 0.178 e. The lowest BCUT2D eigenvalue weighted by Crippen LogP contribution is -2.25. The van der Waals surface area contributed by atoms with Gasteiger partial charge in [-0.15, -0.1) is 0 Å². The normalized spacial score (nSPS) is 16.7. The van der Waals surface area contributed by atoms with E-state index in [0.717, 1.165) is 42.9 Å². The molecule has 2 aromatic rings. The van der Waals surface area contributed by atoms with Gasteiger partial charge in [0.25, 0.3) is 0 Å². The van der Waals surface area contributed by atoms with Crippen LogP contribution >= 0.6 is 27.7 Å². The van der Waals surface area contributed by atoms with E-state index in [-0.39, 0.29) is 0 Å².